The fourth-order valence-electron chi connectivity index (χ4n) is 2.14. The Morgan fingerprint density at radius 3 is 2.09 bits per heavy atom. The molecule has 0 aliphatic heterocycles. The first-order valence-electron chi connectivity index (χ1n) is 7.15. The Hall–Kier alpha value is -2.66. The standard InChI is InChI=1S/C18H16N2O2S/c1-14-7-9-16(10-8-14)23(21,22)17-11-12-18(19-13-17)20-15-5-3-2-4-6-15/h2-13H,1H3,(H,19,20). The lowest BCUT2D eigenvalue weighted by Gasteiger charge is -2.07. The van der Waals surface area contributed by atoms with E-state index in [4.69, 9.17) is 0 Å². The molecule has 2 aromatic carbocycles. The van der Waals surface area contributed by atoms with Gasteiger partial charge in [0, 0.05) is 11.9 Å². The molecule has 0 saturated carbocycles. The van der Waals surface area contributed by atoms with E-state index in [1.807, 2.05) is 37.3 Å². The Labute approximate surface area is 135 Å². The van der Waals surface area contributed by atoms with E-state index in [9.17, 15) is 8.42 Å². The van der Waals surface area contributed by atoms with Gasteiger partial charge in [-0.15, -0.1) is 0 Å². The van der Waals surface area contributed by atoms with Crippen molar-refractivity contribution >= 4 is 21.3 Å². The van der Waals surface area contributed by atoms with Gasteiger partial charge in [-0.3, -0.25) is 0 Å². The fourth-order valence-corrected chi connectivity index (χ4v) is 3.34. The molecule has 0 unspecified atom stereocenters. The predicted octanol–water partition coefficient (Wildman–Crippen LogP) is 3.97. The Bertz CT molecular complexity index is 888. The van der Waals surface area contributed by atoms with Crippen LogP contribution in [0.3, 0.4) is 0 Å². The van der Waals surface area contributed by atoms with Crippen molar-refractivity contribution in [2.75, 3.05) is 5.32 Å². The molecule has 23 heavy (non-hydrogen) atoms. The van der Waals surface area contributed by atoms with Crippen LogP contribution in [0.15, 0.2) is 82.7 Å². The van der Waals surface area contributed by atoms with Gasteiger partial charge in [-0.25, -0.2) is 13.4 Å². The number of hydrogen-bond acceptors (Lipinski definition) is 4. The molecule has 1 heterocycles. The third kappa shape index (κ3) is 3.40. The summed E-state index contributed by atoms with van der Waals surface area (Å²) in [4.78, 5) is 4.65. The summed E-state index contributed by atoms with van der Waals surface area (Å²) in [5, 5.41) is 3.12. The van der Waals surface area contributed by atoms with Gasteiger partial charge in [-0.1, -0.05) is 35.9 Å². The maximum Gasteiger partial charge on any atom is 0.208 e. The minimum atomic E-state index is -3.54. The molecule has 3 aromatic rings. The Balaban J connectivity index is 1.85. The third-order valence-electron chi connectivity index (χ3n) is 3.42. The van der Waals surface area contributed by atoms with Crippen LogP contribution in [0.1, 0.15) is 5.56 Å². The Morgan fingerprint density at radius 1 is 0.826 bits per heavy atom. The van der Waals surface area contributed by atoms with Crippen LogP contribution in [-0.4, -0.2) is 13.4 Å². The zero-order valence-corrected chi connectivity index (χ0v) is 13.4. The lowest BCUT2D eigenvalue weighted by molar-refractivity contribution is 0.595. The SMILES string of the molecule is Cc1ccc(S(=O)(=O)c2ccc(Nc3ccccc3)nc2)cc1. The molecule has 0 saturated heterocycles. The highest BCUT2D eigenvalue weighted by molar-refractivity contribution is 7.91. The molecule has 5 heteroatoms. The summed E-state index contributed by atoms with van der Waals surface area (Å²) in [5.41, 5.74) is 1.92. The fraction of sp³-hybridized carbons (Fsp3) is 0.0556. The molecule has 4 nitrogen and oxygen atoms in total. The molecule has 0 spiro atoms. The van der Waals surface area contributed by atoms with Crippen molar-refractivity contribution in [2.24, 2.45) is 0 Å². The van der Waals surface area contributed by atoms with Crippen molar-refractivity contribution in [1.82, 2.24) is 4.98 Å². The second-order valence-electron chi connectivity index (χ2n) is 5.19. The van der Waals surface area contributed by atoms with E-state index >= 15 is 0 Å². The number of nitrogens with zero attached hydrogens (tertiary/aromatic N) is 1. The number of hydrogen-bond donors (Lipinski definition) is 1. The smallest absolute Gasteiger partial charge is 0.208 e. The van der Waals surface area contributed by atoms with Crippen molar-refractivity contribution in [1.29, 1.82) is 0 Å². The van der Waals surface area contributed by atoms with Crippen LogP contribution in [0, 0.1) is 6.92 Å². The molecule has 0 atom stereocenters. The van der Waals surface area contributed by atoms with E-state index in [1.54, 1.807) is 36.4 Å². The van der Waals surface area contributed by atoms with Crippen LogP contribution < -0.4 is 5.32 Å². The molecule has 116 valence electrons. The topological polar surface area (TPSA) is 59.1 Å². The average molecular weight is 324 g/mol. The van der Waals surface area contributed by atoms with Gasteiger partial charge >= 0.3 is 0 Å². The Kier molecular flexibility index (Phi) is 4.12. The maximum absolute atomic E-state index is 12.6. The van der Waals surface area contributed by atoms with Crippen molar-refractivity contribution in [2.45, 2.75) is 16.7 Å². The Morgan fingerprint density at radius 2 is 1.48 bits per heavy atom. The number of sulfone groups is 1. The molecule has 1 aromatic heterocycles. The van der Waals surface area contributed by atoms with Crippen molar-refractivity contribution in [3.05, 3.63) is 78.5 Å². The number of anilines is 2. The van der Waals surface area contributed by atoms with E-state index in [-0.39, 0.29) is 9.79 Å². The maximum atomic E-state index is 12.6. The first-order valence-corrected chi connectivity index (χ1v) is 8.64. The van der Waals surface area contributed by atoms with Gasteiger partial charge in [0.05, 0.1) is 9.79 Å². The predicted molar refractivity (Wildman–Crippen MR) is 90.6 cm³/mol. The van der Waals surface area contributed by atoms with Crippen molar-refractivity contribution < 1.29 is 8.42 Å². The molecule has 1 N–H and O–H groups in total. The first kappa shape index (κ1) is 15.2. The molecular formula is C18H16N2O2S. The van der Waals surface area contributed by atoms with E-state index in [0.717, 1.165) is 11.3 Å². The summed E-state index contributed by atoms with van der Waals surface area (Å²) in [6.07, 6.45) is 1.38. The number of aromatic nitrogens is 1. The van der Waals surface area contributed by atoms with Gasteiger partial charge in [0.15, 0.2) is 0 Å². The quantitative estimate of drug-likeness (QED) is 0.789. The van der Waals surface area contributed by atoms with Crippen LogP contribution in [0.4, 0.5) is 11.5 Å². The number of para-hydroxylation sites is 1. The monoisotopic (exact) mass is 324 g/mol. The third-order valence-corrected chi connectivity index (χ3v) is 5.18. The lowest BCUT2D eigenvalue weighted by Crippen LogP contribution is -2.03. The highest BCUT2D eigenvalue weighted by Crippen LogP contribution is 2.22. The van der Waals surface area contributed by atoms with Crippen LogP contribution in [0.5, 0.6) is 0 Å². The molecule has 0 aliphatic rings. The number of pyridine rings is 1. The van der Waals surface area contributed by atoms with E-state index in [0.29, 0.717) is 5.82 Å². The van der Waals surface area contributed by atoms with Crippen LogP contribution >= 0.6 is 0 Å². The molecule has 0 aliphatic carbocycles. The lowest BCUT2D eigenvalue weighted by atomic mass is 10.2. The van der Waals surface area contributed by atoms with Gasteiger partial charge in [-0.05, 0) is 43.3 Å². The number of rotatable bonds is 4. The van der Waals surface area contributed by atoms with E-state index in [2.05, 4.69) is 10.3 Å². The second kappa shape index (κ2) is 6.22. The van der Waals surface area contributed by atoms with Crippen LogP contribution in [-0.2, 0) is 9.84 Å². The summed E-state index contributed by atoms with van der Waals surface area (Å²) in [6, 6.07) is 19.6. The van der Waals surface area contributed by atoms with E-state index < -0.39 is 9.84 Å². The normalized spacial score (nSPS) is 11.2. The molecule has 0 radical (unpaired) electrons. The van der Waals surface area contributed by atoms with Crippen molar-refractivity contribution in [3.63, 3.8) is 0 Å². The summed E-state index contributed by atoms with van der Waals surface area (Å²) in [5.74, 6) is 0.596. The molecule has 0 amide bonds. The number of aryl methyl sites for hydroxylation is 1. The van der Waals surface area contributed by atoms with Gasteiger partial charge < -0.3 is 5.32 Å². The molecule has 0 bridgehead atoms. The van der Waals surface area contributed by atoms with E-state index in [1.165, 1.54) is 6.20 Å². The minimum absolute atomic E-state index is 0.181. The molecule has 3 rings (SSSR count). The van der Waals surface area contributed by atoms with Gasteiger partial charge in [0.25, 0.3) is 0 Å². The summed E-state index contributed by atoms with van der Waals surface area (Å²) in [6.45, 7) is 1.92. The summed E-state index contributed by atoms with van der Waals surface area (Å²) < 4.78 is 25.1. The highest BCUT2D eigenvalue weighted by Gasteiger charge is 2.17. The number of benzene rings is 2. The summed E-state index contributed by atoms with van der Waals surface area (Å²) in [7, 11) is -3.54. The van der Waals surface area contributed by atoms with Gasteiger partial charge in [0.2, 0.25) is 9.84 Å². The first-order chi connectivity index (χ1) is 11.1. The largest absolute Gasteiger partial charge is 0.340 e. The van der Waals surface area contributed by atoms with Crippen LogP contribution in [0.2, 0.25) is 0 Å². The zero-order chi connectivity index (χ0) is 16.3. The van der Waals surface area contributed by atoms with Crippen LogP contribution in [0.25, 0.3) is 0 Å². The van der Waals surface area contributed by atoms with Crippen molar-refractivity contribution in [3.8, 4) is 0 Å². The van der Waals surface area contributed by atoms with Gasteiger partial charge in [-0.2, -0.15) is 0 Å². The number of nitrogens with one attached hydrogen (secondary N) is 1. The summed E-state index contributed by atoms with van der Waals surface area (Å²) >= 11 is 0. The molecular weight excluding hydrogens is 308 g/mol. The minimum Gasteiger partial charge on any atom is -0.340 e. The van der Waals surface area contributed by atoms with Gasteiger partial charge in [0.1, 0.15) is 5.82 Å². The zero-order valence-electron chi connectivity index (χ0n) is 12.6. The molecule has 0 fully saturated rings. The highest BCUT2D eigenvalue weighted by atomic mass is 32.2. The average Bonchev–Trinajstić information content (AvgIpc) is 2.57. The second-order valence-corrected chi connectivity index (χ2v) is 7.14.